The predicted molar refractivity (Wildman–Crippen MR) is 139 cm³/mol. The van der Waals surface area contributed by atoms with Crippen molar-refractivity contribution in [2.24, 2.45) is 11.8 Å². The van der Waals surface area contributed by atoms with Crippen LogP contribution in [-0.4, -0.2) is 74.7 Å². The summed E-state index contributed by atoms with van der Waals surface area (Å²) < 4.78 is 60.1. The van der Waals surface area contributed by atoms with E-state index in [-0.39, 0.29) is 36.9 Å². The summed E-state index contributed by atoms with van der Waals surface area (Å²) in [6.07, 6.45) is 3.42. The molecule has 0 aromatic heterocycles. The van der Waals surface area contributed by atoms with Crippen molar-refractivity contribution in [3.8, 4) is 5.75 Å². The molecular formula is C25H44N2O6S2. The first kappa shape index (κ1) is 30.0. The van der Waals surface area contributed by atoms with Crippen LogP contribution in [0.1, 0.15) is 66.7 Å². The molecule has 0 spiro atoms. The van der Waals surface area contributed by atoms with Crippen LogP contribution >= 0.6 is 0 Å². The van der Waals surface area contributed by atoms with E-state index in [2.05, 4.69) is 0 Å². The number of aliphatic hydroxyl groups is 1. The lowest BCUT2D eigenvalue weighted by molar-refractivity contribution is 0.125. The van der Waals surface area contributed by atoms with Crippen molar-refractivity contribution in [2.45, 2.75) is 82.5 Å². The second kappa shape index (κ2) is 12.4. The van der Waals surface area contributed by atoms with Crippen LogP contribution in [0, 0.1) is 11.8 Å². The van der Waals surface area contributed by atoms with Gasteiger partial charge >= 0.3 is 0 Å². The molecule has 0 amide bonds. The lowest BCUT2D eigenvalue weighted by Crippen LogP contribution is -2.46. The Morgan fingerprint density at radius 1 is 1.00 bits per heavy atom. The Morgan fingerprint density at radius 3 is 2.06 bits per heavy atom. The molecule has 0 heterocycles. The van der Waals surface area contributed by atoms with Gasteiger partial charge in [0, 0.05) is 26.2 Å². The van der Waals surface area contributed by atoms with E-state index in [9.17, 15) is 21.9 Å². The number of sulfonamides is 2. The SMILES string of the molecule is COc1ccc(S(=O)(=O)N(CC(C)C)C[C@@H](O)CCN(CC2CCCC2)S(=O)(=O)C(C)(C)C)cc1. The van der Waals surface area contributed by atoms with Gasteiger partial charge in [-0.15, -0.1) is 0 Å². The summed E-state index contributed by atoms with van der Waals surface area (Å²) in [6, 6.07) is 6.17. The van der Waals surface area contributed by atoms with E-state index >= 15 is 0 Å². The molecular weight excluding hydrogens is 488 g/mol. The minimum absolute atomic E-state index is 0.0513. The third-order valence-electron chi connectivity index (χ3n) is 6.44. The summed E-state index contributed by atoms with van der Waals surface area (Å²) in [4.78, 5) is 0.129. The first-order valence-corrected chi connectivity index (χ1v) is 15.4. The highest BCUT2D eigenvalue weighted by atomic mass is 32.2. The molecule has 1 aromatic carbocycles. The van der Waals surface area contributed by atoms with Crippen LogP contribution in [0.4, 0.5) is 0 Å². The van der Waals surface area contributed by atoms with Gasteiger partial charge in [-0.05, 0) is 76.1 Å². The van der Waals surface area contributed by atoms with Crippen molar-refractivity contribution in [1.82, 2.24) is 8.61 Å². The molecule has 1 fully saturated rings. The highest BCUT2D eigenvalue weighted by molar-refractivity contribution is 7.90. The van der Waals surface area contributed by atoms with E-state index in [0.29, 0.717) is 18.2 Å². The Labute approximate surface area is 212 Å². The minimum atomic E-state index is -3.84. The van der Waals surface area contributed by atoms with Crippen LogP contribution < -0.4 is 4.74 Å². The Bertz CT molecular complexity index is 995. The molecule has 1 aromatic rings. The highest BCUT2D eigenvalue weighted by Gasteiger charge is 2.37. The van der Waals surface area contributed by atoms with Gasteiger partial charge in [0.1, 0.15) is 5.75 Å². The lowest BCUT2D eigenvalue weighted by atomic mass is 10.1. The summed E-state index contributed by atoms with van der Waals surface area (Å²) in [5.41, 5.74) is 0. The fraction of sp³-hybridized carbons (Fsp3) is 0.760. The topological polar surface area (TPSA) is 104 Å². The van der Waals surface area contributed by atoms with Crippen molar-refractivity contribution in [1.29, 1.82) is 0 Å². The maximum atomic E-state index is 13.3. The molecule has 10 heteroatoms. The Morgan fingerprint density at radius 2 is 1.57 bits per heavy atom. The van der Waals surface area contributed by atoms with Crippen molar-refractivity contribution in [3.05, 3.63) is 24.3 Å². The molecule has 8 nitrogen and oxygen atoms in total. The molecule has 202 valence electrons. The molecule has 35 heavy (non-hydrogen) atoms. The molecule has 1 N–H and O–H groups in total. The first-order valence-electron chi connectivity index (χ1n) is 12.5. The van der Waals surface area contributed by atoms with E-state index < -0.39 is 30.9 Å². The van der Waals surface area contributed by atoms with E-state index in [1.54, 1.807) is 32.9 Å². The molecule has 2 rings (SSSR count). The first-order chi connectivity index (χ1) is 16.2. The van der Waals surface area contributed by atoms with Crippen LogP contribution in [0.3, 0.4) is 0 Å². The van der Waals surface area contributed by atoms with Gasteiger partial charge in [-0.25, -0.2) is 21.1 Å². The maximum absolute atomic E-state index is 13.3. The average Bonchev–Trinajstić information content (AvgIpc) is 3.28. The number of nitrogens with zero attached hydrogens (tertiary/aromatic N) is 2. The Balaban J connectivity index is 2.16. The summed E-state index contributed by atoms with van der Waals surface area (Å²) in [6.45, 7) is 9.66. The van der Waals surface area contributed by atoms with E-state index in [4.69, 9.17) is 4.74 Å². The van der Waals surface area contributed by atoms with Crippen molar-refractivity contribution < 1.29 is 26.7 Å². The zero-order valence-corrected chi connectivity index (χ0v) is 23.7. The third kappa shape index (κ3) is 8.15. The lowest BCUT2D eigenvalue weighted by Gasteiger charge is -2.33. The van der Waals surface area contributed by atoms with Crippen LogP contribution in [0.25, 0.3) is 0 Å². The molecule has 1 atom stereocenters. The van der Waals surface area contributed by atoms with Crippen molar-refractivity contribution >= 4 is 20.0 Å². The number of rotatable bonds is 13. The number of hydrogen-bond donors (Lipinski definition) is 1. The minimum Gasteiger partial charge on any atom is -0.497 e. The third-order valence-corrected chi connectivity index (χ3v) is 10.8. The maximum Gasteiger partial charge on any atom is 0.243 e. The molecule has 0 saturated heterocycles. The quantitative estimate of drug-likeness (QED) is 0.415. The summed E-state index contributed by atoms with van der Waals surface area (Å²) in [7, 11) is -5.89. The van der Waals surface area contributed by atoms with Gasteiger partial charge in [0.15, 0.2) is 0 Å². The molecule has 1 aliphatic carbocycles. The molecule has 1 aliphatic rings. The molecule has 1 saturated carbocycles. The molecule has 0 bridgehead atoms. The predicted octanol–water partition coefficient (Wildman–Crippen LogP) is 3.71. The van der Waals surface area contributed by atoms with Gasteiger partial charge in [0.2, 0.25) is 20.0 Å². The number of benzene rings is 1. The fourth-order valence-corrected chi connectivity index (χ4v) is 7.54. The standard InChI is InChI=1S/C25H44N2O6S2/c1-20(2)17-27(34(29,30)24-13-11-23(33-6)12-14-24)19-22(28)15-16-26(18-21-9-7-8-10-21)35(31,32)25(3,4)5/h11-14,20-22,28H,7-10,15-19H2,1-6H3/t22-/m0/s1. The van der Waals surface area contributed by atoms with Crippen LogP contribution in [0.5, 0.6) is 5.75 Å². The van der Waals surface area contributed by atoms with Gasteiger partial charge in [0.05, 0.1) is 22.9 Å². The summed E-state index contributed by atoms with van der Waals surface area (Å²) in [5.74, 6) is 0.939. The largest absolute Gasteiger partial charge is 0.497 e. The molecule has 0 aliphatic heterocycles. The van der Waals surface area contributed by atoms with Crippen LogP contribution in [0.15, 0.2) is 29.2 Å². The molecule has 0 unspecified atom stereocenters. The second-order valence-corrected chi connectivity index (χ2v) is 15.6. The smallest absolute Gasteiger partial charge is 0.243 e. The van der Waals surface area contributed by atoms with Gasteiger partial charge < -0.3 is 9.84 Å². The Hall–Kier alpha value is -1.20. The van der Waals surface area contributed by atoms with Crippen LogP contribution in [0.2, 0.25) is 0 Å². The normalized spacial score (nSPS) is 17.0. The van der Waals surface area contributed by atoms with E-state index in [1.807, 2.05) is 13.8 Å². The monoisotopic (exact) mass is 532 g/mol. The fourth-order valence-electron chi connectivity index (χ4n) is 4.37. The van der Waals surface area contributed by atoms with Gasteiger partial charge in [-0.1, -0.05) is 26.7 Å². The van der Waals surface area contributed by atoms with Crippen molar-refractivity contribution in [2.75, 3.05) is 33.3 Å². The Kier molecular flexibility index (Phi) is 10.6. The number of methoxy groups -OCH3 is 1. The van der Waals surface area contributed by atoms with Gasteiger partial charge in [0.25, 0.3) is 0 Å². The average molecular weight is 533 g/mol. The van der Waals surface area contributed by atoms with E-state index in [0.717, 1.165) is 25.7 Å². The van der Waals surface area contributed by atoms with Crippen molar-refractivity contribution in [3.63, 3.8) is 0 Å². The number of aliphatic hydroxyl groups excluding tert-OH is 1. The molecule has 0 radical (unpaired) electrons. The summed E-state index contributed by atoms with van der Waals surface area (Å²) in [5, 5.41) is 10.9. The number of ether oxygens (including phenoxy) is 1. The number of hydrogen-bond acceptors (Lipinski definition) is 6. The zero-order chi connectivity index (χ0) is 26.4. The van der Waals surface area contributed by atoms with E-state index in [1.165, 1.54) is 27.9 Å². The zero-order valence-electron chi connectivity index (χ0n) is 22.1. The highest BCUT2D eigenvalue weighted by Crippen LogP contribution is 2.29. The second-order valence-electron chi connectivity index (χ2n) is 11.0. The van der Waals surface area contributed by atoms with Crippen LogP contribution in [-0.2, 0) is 20.0 Å². The van der Waals surface area contributed by atoms with Gasteiger partial charge in [-0.3, -0.25) is 0 Å². The summed E-state index contributed by atoms with van der Waals surface area (Å²) >= 11 is 0. The van der Waals surface area contributed by atoms with Gasteiger partial charge in [-0.2, -0.15) is 4.31 Å².